The SMILES string of the molecule is CC1Oc2ccc(C(=O)C(C)n3c(=O)ccc4cc([N+](=O)[O-])ccc43)cc2NC1=O. The molecule has 1 aliphatic rings. The molecule has 2 aromatic carbocycles. The molecule has 0 saturated heterocycles. The van der Waals surface area contributed by atoms with Gasteiger partial charge in [0.2, 0.25) is 0 Å². The van der Waals surface area contributed by atoms with Crippen LogP contribution in [0.1, 0.15) is 30.2 Å². The maximum Gasteiger partial charge on any atom is 0.270 e. The number of carbonyl (C=O) groups excluding carboxylic acids is 2. The summed E-state index contributed by atoms with van der Waals surface area (Å²) >= 11 is 0. The number of nitrogens with one attached hydrogen (secondary N) is 1. The van der Waals surface area contributed by atoms with E-state index in [-0.39, 0.29) is 17.4 Å². The highest BCUT2D eigenvalue weighted by Gasteiger charge is 2.26. The van der Waals surface area contributed by atoms with Gasteiger partial charge in [0, 0.05) is 29.1 Å². The minimum Gasteiger partial charge on any atom is -0.479 e. The highest BCUT2D eigenvalue weighted by atomic mass is 16.6. The molecule has 152 valence electrons. The van der Waals surface area contributed by atoms with E-state index in [1.165, 1.54) is 41.0 Å². The Morgan fingerprint density at radius 1 is 1.17 bits per heavy atom. The first-order valence-corrected chi connectivity index (χ1v) is 9.22. The predicted octanol–water partition coefficient (Wildman–Crippen LogP) is 3.07. The minimum atomic E-state index is -0.875. The molecule has 0 spiro atoms. The largest absolute Gasteiger partial charge is 0.479 e. The molecule has 9 heteroatoms. The van der Waals surface area contributed by atoms with Gasteiger partial charge in [-0.3, -0.25) is 29.1 Å². The Morgan fingerprint density at radius 3 is 2.67 bits per heavy atom. The molecule has 0 saturated carbocycles. The molecule has 0 radical (unpaired) electrons. The van der Waals surface area contributed by atoms with Crippen molar-refractivity contribution >= 4 is 34.0 Å². The maximum absolute atomic E-state index is 13.1. The summed E-state index contributed by atoms with van der Waals surface area (Å²) in [6.45, 7) is 3.21. The number of anilines is 1. The summed E-state index contributed by atoms with van der Waals surface area (Å²) in [5, 5.41) is 14.2. The van der Waals surface area contributed by atoms with Crippen LogP contribution in [0.15, 0.2) is 53.3 Å². The van der Waals surface area contributed by atoms with Crippen LogP contribution in [-0.2, 0) is 4.79 Å². The van der Waals surface area contributed by atoms with Crippen LogP contribution < -0.4 is 15.6 Å². The van der Waals surface area contributed by atoms with Gasteiger partial charge in [-0.25, -0.2) is 0 Å². The predicted molar refractivity (Wildman–Crippen MR) is 109 cm³/mol. The van der Waals surface area contributed by atoms with Gasteiger partial charge in [-0.2, -0.15) is 0 Å². The van der Waals surface area contributed by atoms with Gasteiger partial charge in [0.1, 0.15) is 5.75 Å². The molecule has 0 fully saturated rings. The van der Waals surface area contributed by atoms with Gasteiger partial charge in [-0.1, -0.05) is 0 Å². The van der Waals surface area contributed by atoms with Crippen LogP contribution in [0.3, 0.4) is 0 Å². The third-order valence-corrected chi connectivity index (χ3v) is 5.09. The molecule has 1 aromatic heterocycles. The van der Waals surface area contributed by atoms with E-state index < -0.39 is 22.6 Å². The van der Waals surface area contributed by atoms with Crippen molar-refractivity contribution in [1.82, 2.24) is 4.57 Å². The Labute approximate surface area is 170 Å². The molecule has 1 aliphatic heterocycles. The highest BCUT2D eigenvalue weighted by Crippen LogP contribution is 2.32. The number of rotatable bonds is 4. The van der Waals surface area contributed by atoms with Crippen LogP contribution in [-0.4, -0.2) is 27.3 Å². The highest BCUT2D eigenvalue weighted by molar-refractivity contribution is 6.03. The number of ketones is 1. The average Bonchev–Trinajstić information content (AvgIpc) is 2.72. The van der Waals surface area contributed by atoms with Crippen molar-refractivity contribution in [2.45, 2.75) is 26.0 Å². The first kappa shape index (κ1) is 19.3. The summed E-state index contributed by atoms with van der Waals surface area (Å²) in [5.41, 5.74) is 0.590. The molecule has 0 bridgehead atoms. The Balaban J connectivity index is 1.74. The van der Waals surface area contributed by atoms with E-state index in [1.54, 1.807) is 26.0 Å². The van der Waals surface area contributed by atoms with Crippen LogP contribution >= 0.6 is 0 Å². The fraction of sp³-hybridized carbons (Fsp3) is 0.190. The number of non-ortho nitro benzene ring substituents is 1. The second kappa shape index (κ2) is 7.11. The molecule has 0 aliphatic carbocycles. The Morgan fingerprint density at radius 2 is 1.93 bits per heavy atom. The quantitative estimate of drug-likeness (QED) is 0.403. The fourth-order valence-corrected chi connectivity index (χ4v) is 3.49. The topological polar surface area (TPSA) is 121 Å². The van der Waals surface area contributed by atoms with Crippen molar-refractivity contribution in [3.8, 4) is 5.75 Å². The van der Waals surface area contributed by atoms with Gasteiger partial charge in [0.15, 0.2) is 11.9 Å². The molecule has 2 unspecified atom stereocenters. The summed E-state index contributed by atoms with van der Waals surface area (Å²) in [6, 6.07) is 10.7. The lowest BCUT2D eigenvalue weighted by Gasteiger charge is -2.24. The minimum absolute atomic E-state index is 0.105. The second-order valence-electron chi connectivity index (χ2n) is 7.04. The monoisotopic (exact) mass is 407 g/mol. The van der Waals surface area contributed by atoms with Crippen LogP contribution in [0.2, 0.25) is 0 Å². The van der Waals surface area contributed by atoms with Gasteiger partial charge in [0.25, 0.3) is 17.2 Å². The molecule has 30 heavy (non-hydrogen) atoms. The summed E-state index contributed by atoms with van der Waals surface area (Å²) in [5.74, 6) is -0.202. The standard InChI is InChI=1S/C21H17N3O6/c1-11(20(26)14-3-7-18-16(10-14)22-21(27)12(2)30-18)23-17-6-5-15(24(28)29)9-13(17)4-8-19(23)25/h3-12H,1-2H3,(H,22,27). The zero-order valence-corrected chi connectivity index (χ0v) is 16.1. The molecule has 9 nitrogen and oxygen atoms in total. The number of amides is 1. The lowest BCUT2D eigenvalue weighted by molar-refractivity contribution is -0.384. The number of benzene rings is 2. The third-order valence-electron chi connectivity index (χ3n) is 5.09. The number of Topliss-reactive ketones (excluding diaryl/α,β-unsaturated/α-hetero) is 1. The smallest absolute Gasteiger partial charge is 0.270 e. The lowest BCUT2D eigenvalue weighted by atomic mass is 10.0. The van der Waals surface area contributed by atoms with Gasteiger partial charge >= 0.3 is 0 Å². The van der Waals surface area contributed by atoms with E-state index in [4.69, 9.17) is 4.74 Å². The van der Waals surface area contributed by atoms with E-state index >= 15 is 0 Å². The van der Waals surface area contributed by atoms with Crippen molar-refractivity contribution < 1.29 is 19.2 Å². The number of nitro groups is 1. The molecule has 3 aromatic rings. The maximum atomic E-state index is 13.1. The van der Waals surface area contributed by atoms with Crippen LogP contribution in [0.4, 0.5) is 11.4 Å². The third kappa shape index (κ3) is 3.20. The molecular formula is C21H17N3O6. The Hall–Kier alpha value is -4.01. The Kier molecular flexibility index (Phi) is 4.57. The first-order valence-electron chi connectivity index (χ1n) is 9.22. The van der Waals surface area contributed by atoms with Gasteiger partial charge in [0.05, 0.1) is 22.2 Å². The molecule has 1 amide bonds. The number of hydrogen-bond donors (Lipinski definition) is 1. The van der Waals surface area contributed by atoms with Crippen LogP contribution in [0, 0.1) is 10.1 Å². The molecule has 2 atom stereocenters. The van der Waals surface area contributed by atoms with Crippen molar-refractivity contribution in [1.29, 1.82) is 0 Å². The molecule has 4 rings (SSSR count). The van der Waals surface area contributed by atoms with Gasteiger partial charge < -0.3 is 10.1 Å². The van der Waals surface area contributed by atoms with Crippen molar-refractivity contribution in [3.63, 3.8) is 0 Å². The van der Waals surface area contributed by atoms with Crippen molar-refractivity contribution in [3.05, 3.63) is 74.6 Å². The zero-order valence-electron chi connectivity index (χ0n) is 16.1. The van der Waals surface area contributed by atoms with E-state index in [9.17, 15) is 24.5 Å². The van der Waals surface area contributed by atoms with Crippen molar-refractivity contribution in [2.75, 3.05) is 5.32 Å². The number of nitro benzene ring substituents is 1. The van der Waals surface area contributed by atoms with Gasteiger partial charge in [-0.05, 0) is 44.2 Å². The zero-order chi connectivity index (χ0) is 21.6. The number of ether oxygens (including phenoxy) is 1. The van der Waals surface area contributed by atoms with E-state index in [2.05, 4.69) is 5.32 Å². The normalized spacial score (nSPS) is 16.3. The molecule has 1 N–H and O–H groups in total. The molecular weight excluding hydrogens is 390 g/mol. The number of pyridine rings is 1. The number of aromatic nitrogens is 1. The lowest BCUT2D eigenvalue weighted by Crippen LogP contribution is -2.34. The summed E-state index contributed by atoms with van der Waals surface area (Å²) < 4.78 is 6.80. The average molecular weight is 407 g/mol. The molecule has 2 heterocycles. The number of hydrogen-bond acceptors (Lipinski definition) is 6. The van der Waals surface area contributed by atoms with E-state index in [1.807, 2.05) is 0 Å². The van der Waals surface area contributed by atoms with Crippen molar-refractivity contribution in [2.24, 2.45) is 0 Å². The van der Waals surface area contributed by atoms with Crippen LogP contribution in [0.25, 0.3) is 10.9 Å². The van der Waals surface area contributed by atoms with Crippen LogP contribution in [0.5, 0.6) is 5.75 Å². The van der Waals surface area contributed by atoms with E-state index in [0.717, 1.165) is 0 Å². The number of fused-ring (bicyclic) bond motifs is 2. The number of nitrogens with zero attached hydrogens (tertiary/aromatic N) is 2. The van der Waals surface area contributed by atoms with E-state index in [0.29, 0.717) is 27.9 Å². The van der Waals surface area contributed by atoms with Gasteiger partial charge in [-0.15, -0.1) is 0 Å². The Bertz CT molecular complexity index is 1280. The second-order valence-corrected chi connectivity index (χ2v) is 7.04. The summed E-state index contributed by atoms with van der Waals surface area (Å²) in [6.07, 6.45) is -0.628. The first-order chi connectivity index (χ1) is 14.3. The fourth-order valence-electron chi connectivity index (χ4n) is 3.49. The summed E-state index contributed by atoms with van der Waals surface area (Å²) in [7, 11) is 0. The number of carbonyl (C=O) groups is 2. The summed E-state index contributed by atoms with van der Waals surface area (Å²) in [4.78, 5) is 48.0.